The number of benzene rings is 2. The summed E-state index contributed by atoms with van der Waals surface area (Å²) in [5.41, 5.74) is -2.05. The molecular weight excluding hydrogens is 506 g/mol. The van der Waals surface area contributed by atoms with Gasteiger partial charge < -0.3 is 14.8 Å². The van der Waals surface area contributed by atoms with Gasteiger partial charge in [0, 0.05) is 13.0 Å². The molecule has 0 spiro atoms. The lowest BCUT2D eigenvalue weighted by Crippen LogP contribution is -2.68. The third kappa shape index (κ3) is 5.52. The Hall–Kier alpha value is -4.54. The number of carbonyl (C=O) groups excluding carboxylic acids is 6. The molecule has 2 aromatic rings. The highest BCUT2D eigenvalue weighted by atomic mass is 16.5. The molecule has 0 aliphatic carbocycles. The van der Waals surface area contributed by atoms with Gasteiger partial charge in [-0.2, -0.15) is 0 Å². The lowest BCUT2D eigenvalue weighted by atomic mass is 9.86. The summed E-state index contributed by atoms with van der Waals surface area (Å²) in [5.74, 6) is -5.22. The third-order valence-electron chi connectivity index (χ3n) is 6.61. The summed E-state index contributed by atoms with van der Waals surface area (Å²) in [6.45, 7) is 1.91. The summed E-state index contributed by atoms with van der Waals surface area (Å²) in [6.07, 6.45) is 2.06. The van der Waals surface area contributed by atoms with Crippen molar-refractivity contribution in [2.75, 3.05) is 13.2 Å². The van der Waals surface area contributed by atoms with Gasteiger partial charge in [0.15, 0.2) is 6.61 Å². The van der Waals surface area contributed by atoms with Crippen LogP contribution in [0, 0.1) is 0 Å². The van der Waals surface area contributed by atoms with E-state index in [1.54, 1.807) is 30.3 Å². The second-order valence-corrected chi connectivity index (χ2v) is 9.27. The fourth-order valence-corrected chi connectivity index (χ4v) is 4.56. The number of piperidine rings is 1. The Morgan fingerprint density at radius 2 is 1.77 bits per heavy atom. The highest BCUT2D eigenvalue weighted by Gasteiger charge is 2.62. The Morgan fingerprint density at radius 1 is 1.00 bits per heavy atom. The molecule has 0 aromatic heterocycles. The maximum absolute atomic E-state index is 13.7. The Kier molecular flexibility index (Phi) is 8.38. The van der Waals surface area contributed by atoms with Crippen LogP contribution >= 0.6 is 0 Å². The number of hydrogen-bond donors (Lipinski definition) is 2. The fraction of sp³-hybridized carbons (Fsp3) is 0.357. The molecule has 2 aromatic carbocycles. The molecule has 39 heavy (non-hydrogen) atoms. The van der Waals surface area contributed by atoms with Crippen molar-refractivity contribution in [3.8, 4) is 5.75 Å². The summed E-state index contributed by atoms with van der Waals surface area (Å²) in [6, 6.07) is 12.9. The van der Waals surface area contributed by atoms with Crippen LogP contribution in [0.4, 0.5) is 0 Å². The normalized spacial score (nSPS) is 18.4. The van der Waals surface area contributed by atoms with Crippen molar-refractivity contribution < 1.29 is 38.2 Å². The molecule has 1 atom stereocenters. The van der Waals surface area contributed by atoms with E-state index in [1.807, 2.05) is 6.92 Å². The smallest absolute Gasteiger partial charge is 0.342 e. The van der Waals surface area contributed by atoms with E-state index < -0.39 is 54.1 Å². The van der Waals surface area contributed by atoms with Gasteiger partial charge in [-0.25, -0.2) is 9.69 Å². The molecule has 11 nitrogen and oxygen atoms in total. The Bertz CT molecular complexity index is 1310. The lowest BCUT2D eigenvalue weighted by Gasteiger charge is -2.38. The van der Waals surface area contributed by atoms with E-state index in [4.69, 9.17) is 9.47 Å². The van der Waals surface area contributed by atoms with Gasteiger partial charge in [-0.1, -0.05) is 56.2 Å². The topological polar surface area (TPSA) is 148 Å². The van der Waals surface area contributed by atoms with Crippen LogP contribution in [-0.4, -0.2) is 59.1 Å². The second-order valence-electron chi connectivity index (χ2n) is 9.27. The number of nitrogens with zero attached hydrogens (tertiary/aromatic N) is 1. The van der Waals surface area contributed by atoms with Crippen LogP contribution in [0.25, 0.3) is 0 Å². The zero-order valence-corrected chi connectivity index (χ0v) is 21.5. The van der Waals surface area contributed by atoms with E-state index in [-0.39, 0.29) is 29.9 Å². The first-order valence-corrected chi connectivity index (χ1v) is 12.8. The summed E-state index contributed by atoms with van der Waals surface area (Å²) in [5, 5.41) is 4.79. The fourth-order valence-electron chi connectivity index (χ4n) is 4.56. The van der Waals surface area contributed by atoms with Gasteiger partial charge in [0.1, 0.15) is 12.4 Å². The number of hydrogen-bond acceptors (Lipinski definition) is 8. The van der Waals surface area contributed by atoms with E-state index >= 15 is 0 Å². The minimum absolute atomic E-state index is 0.0443. The van der Waals surface area contributed by atoms with Crippen molar-refractivity contribution >= 4 is 35.5 Å². The van der Waals surface area contributed by atoms with Gasteiger partial charge in [0.2, 0.25) is 11.4 Å². The molecule has 204 valence electrons. The number of rotatable bonds is 11. The van der Waals surface area contributed by atoms with Crippen molar-refractivity contribution in [2.45, 2.75) is 51.2 Å². The molecule has 0 bridgehead atoms. The number of unbranched alkanes of at least 4 members (excludes halogenated alkanes) is 2. The molecule has 11 heteroatoms. The van der Waals surface area contributed by atoms with E-state index in [0.717, 1.165) is 19.3 Å². The van der Waals surface area contributed by atoms with Crippen molar-refractivity contribution in [1.29, 1.82) is 0 Å². The summed E-state index contributed by atoms with van der Waals surface area (Å²) < 4.78 is 11.0. The molecule has 2 aliphatic rings. The van der Waals surface area contributed by atoms with Crippen LogP contribution in [0.5, 0.6) is 5.75 Å². The molecule has 1 fully saturated rings. The van der Waals surface area contributed by atoms with Crippen molar-refractivity contribution in [3.63, 3.8) is 0 Å². The SMILES string of the molecule is CCCCCNC(=O)COc1cccc2c1C(=O)N(C1(C(=O)OCc3ccccc3)CCC(=O)NC1=O)C2=O. The van der Waals surface area contributed by atoms with Crippen molar-refractivity contribution in [2.24, 2.45) is 0 Å². The van der Waals surface area contributed by atoms with Gasteiger partial charge in [-0.15, -0.1) is 0 Å². The maximum atomic E-state index is 13.7. The van der Waals surface area contributed by atoms with E-state index in [0.29, 0.717) is 17.0 Å². The monoisotopic (exact) mass is 535 g/mol. The van der Waals surface area contributed by atoms with Gasteiger partial charge in [0.25, 0.3) is 23.6 Å². The number of carbonyl (C=O) groups is 6. The standard InChI is InChI=1S/C28H29N3O8/c1-2-3-7-15-29-22(33)17-38-20-12-8-11-19-23(20)25(35)31(24(19)34)28(14-13-21(32)30-26(28)36)27(37)39-16-18-9-5-4-6-10-18/h4-6,8-12H,2-3,7,13-17H2,1H3,(H,29,33)(H,30,32,36). The Labute approximate surface area is 224 Å². The number of nitrogens with one attached hydrogen (secondary N) is 2. The first-order chi connectivity index (χ1) is 18.8. The number of esters is 1. The Balaban J connectivity index is 1.59. The maximum Gasteiger partial charge on any atom is 0.342 e. The first-order valence-electron chi connectivity index (χ1n) is 12.8. The summed E-state index contributed by atoms with van der Waals surface area (Å²) in [7, 11) is 0. The second kappa shape index (κ2) is 11.9. The summed E-state index contributed by atoms with van der Waals surface area (Å²) in [4.78, 5) is 78.5. The molecule has 2 aliphatic heterocycles. The number of amides is 5. The van der Waals surface area contributed by atoms with Crippen LogP contribution in [0.1, 0.15) is 65.3 Å². The third-order valence-corrected chi connectivity index (χ3v) is 6.61. The molecule has 5 amide bonds. The molecule has 4 rings (SSSR count). The van der Waals surface area contributed by atoms with E-state index in [1.165, 1.54) is 18.2 Å². The predicted octanol–water partition coefficient (Wildman–Crippen LogP) is 1.89. The van der Waals surface area contributed by atoms with Gasteiger partial charge >= 0.3 is 5.97 Å². The molecule has 2 N–H and O–H groups in total. The average Bonchev–Trinajstić information content (AvgIpc) is 3.20. The van der Waals surface area contributed by atoms with E-state index in [9.17, 15) is 28.8 Å². The van der Waals surface area contributed by atoms with Gasteiger partial charge in [0.05, 0.1) is 11.1 Å². The quantitative estimate of drug-likeness (QED) is 0.192. The molecule has 1 unspecified atom stereocenters. The van der Waals surface area contributed by atoms with Crippen LogP contribution in [0.15, 0.2) is 48.5 Å². The summed E-state index contributed by atoms with van der Waals surface area (Å²) >= 11 is 0. The number of fused-ring (bicyclic) bond motifs is 1. The average molecular weight is 536 g/mol. The van der Waals surface area contributed by atoms with Gasteiger partial charge in [-0.3, -0.25) is 29.3 Å². The van der Waals surface area contributed by atoms with Crippen LogP contribution < -0.4 is 15.4 Å². The zero-order chi connectivity index (χ0) is 28.0. The largest absolute Gasteiger partial charge is 0.483 e. The zero-order valence-electron chi connectivity index (χ0n) is 21.5. The minimum Gasteiger partial charge on any atom is -0.483 e. The van der Waals surface area contributed by atoms with Crippen molar-refractivity contribution in [1.82, 2.24) is 15.5 Å². The van der Waals surface area contributed by atoms with E-state index in [2.05, 4.69) is 10.6 Å². The highest BCUT2D eigenvalue weighted by molar-refractivity contribution is 6.29. The molecule has 1 saturated heterocycles. The first kappa shape index (κ1) is 27.5. The number of ether oxygens (including phenoxy) is 2. The predicted molar refractivity (Wildman–Crippen MR) is 136 cm³/mol. The van der Waals surface area contributed by atoms with Crippen LogP contribution in [-0.2, 0) is 30.5 Å². The highest BCUT2D eigenvalue weighted by Crippen LogP contribution is 2.39. The van der Waals surface area contributed by atoms with Gasteiger partial charge in [-0.05, 0) is 30.5 Å². The van der Waals surface area contributed by atoms with Crippen LogP contribution in [0.2, 0.25) is 0 Å². The minimum atomic E-state index is -2.40. The molecule has 0 radical (unpaired) electrons. The van der Waals surface area contributed by atoms with Crippen molar-refractivity contribution in [3.05, 3.63) is 65.2 Å². The number of imide groups is 2. The Morgan fingerprint density at radius 3 is 2.49 bits per heavy atom. The molecule has 0 saturated carbocycles. The lowest BCUT2D eigenvalue weighted by molar-refractivity contribution is -0.165. The van der Waals surface area contributed by atoms with Crippen LogP contribution in [0.3, 0.4) is 0 Å². The molecule has 2 heterocycles. The molecular formula is C28H29N3O8.